The minimum atomic E-state index is -3.62. The first-order valence-electron chi connectivity index (χ1n) is 11.5. The zero-order valence-corrected chi connectivity index (χ0v) is 19.4. The van der Waals surface area contributed by atoms with Crippen molar-refractivity contribution in [1.82, 2.24) is 19.5 Å². The van der Waals surface area contributed by atoms with Gasteiger partial charge in [0.25, 0.3) is 5.91 Å². The summed E-state index contributed by atoms with van der Waals surface area (Å²) in [6, 6.07) is 5.81. The Morgan fingerprint density at radius 3 is 2.56 bits per heavy atom. The third kappa shape index (κ3) is 5.05. The van der Waals surface area contributed by atoms with Crippen molar-refractivity contribution in [2.45, 2.75) is 43.9 Å². The van der Waals surface area contributed by atoms with Gasteiger partial charge in [0.1, 0.15) is 0 Å². The number of hydrogen-bond acceptors (Lipinski definition) is 5. The third-order valence-corrected chi connectivity index (χ3v) is 8.47. The van der Waals surface area contributed by atoms with E-state index in [1.54, 1.807) is 6.07 Å². The van der Waals surface area contributed by atoms with Gasteiger partial charge in [-0.1, -0.05) is 6.92 Å². The Morgan fingerprint density at radius 1 is 1.12 bits per heavy atom. The second-order valence-corrected chi connectivity index (χ2v) is 10.9. The SMILES string of the molecule is CC1CCN(CCCNC(=O)c2cc(=O)[nH]c3ccc(S(=O)(=O)N4CCCC4)cc23)CC1. The van der Waals surface area contributed by atoms with Crippen molar-refractivity contribution < 1.29 is 13.2 Å². The summed E-state index contributed by atoms with van der Waals surface area (Å²) in [5.41, 5.74) is 0.264. The summed E-state index contributed by atoms with van der Waals surface area (Å²) in [4.78, 5) is 30.2. The van der Waals surface area contributed by atoms with Gasteiger partial charge in [0, 0.05) is 36.6 Å². The van der Waals surface area contributed by atoms with E-state index < -0.39 is 10.0 Å². The van der Waals surface area contributed by atoms with Crippen LogP contribution in [0.1, 0.15) is 49.4 Å². The molecule has 0 spiro atoms. The standard InChI is InChI=1S/C23H32N4O4S/c1-17-7-13-26(14-8-17)10-4-9-24-23(29)20-16-22(28)25-21-6-5-18(15-19(20)21)32(30,31)27-11-2-3-12-27/h5-6,15-17H,2-4,7-14H2,1H3,(H,24,29)(H,25,28). The maximum atomic E-state index is 13.0. The van der Waals surface area contributed by atoms with Crippen LogP contribution in [0.3, 0.4) is 0 Å². The smallest absolute Gasteiger partial charge is 0.252 e. The normalized spacial score (nSPS) is 18.9. The van der Waals surface area contributed by atoms with Crippen LogP contribution in [0.4, 0.5) is 0 Å². The van der Waals surface area contributed by atoms with Crippen LogP contribution in [0.15, 0.2) is 34.0 Å². The van der Waals surface area contributed by atoms with Crippen molar-refractivity contribution in [3.05, 3.63) is 40.2 Å². The van der Waals surface area contributed by atoms with E-state index >= 15 is 0 Å². The molecule has 32 heavy (non-hydrogen) atoms. The van der Waals surface area contributed by atoms with E-state index in [1.807, 2.05) is 0 Å². The monoisotopic (exact) mass is 460 g/mol. The molecule has 174 valence electrons. The number of carbonyl (C=O) groups excluding carboxylic acids is 1. The predicted octanol–water partition coefficient (Wildman–Crippen LogP) is 2.16. The van der Waals surface area contributed by atoms with E-state index in [0.29, 0.717) is 30.5 Å². The number of pyridine rings is 1. The lowest BCUT2D eigenvalue weighted by Gasteiger charge is -2.30. The number of rotatable bonds is 7. The van der Waals surface area contributed by atoms with Gasteiger partial charge in [0.05, 0.1) is 10.5 Å². The Morgan fingerprint density at radius 2 is 1.84 bits per heavy atom. The van der Waals surface area contributed by atoms with Gasteiger partial charge < -0.3 is 15.2 Å². The number of aromatic nitrogens is 1. The first-order valence-corrected chi connectivity index (χ1v) is 13.0. The third-order valence-electron chi connectivity index (χ3n) is 6.57. The molecule has 0 aliphatic carbocycles. The maximum Gasteiger partial charge on any atom is 0.252 e. The van der Waals surface area contributed by atoms with Crippen molar-refractivity contribution in [3.8, 4) is 0 Å². The molecular formula is C23H32N4O4S. The second-order valence-electron chi connectivity index (χ2n) is 9.00. The Balaban J connectivity index is 1.48. The summed E-state index contributed by atoms with van der Waals surface area (Å²) < 4.78 is 27.4. The van der Waals surface area contributed by atoms with Gasteiger partial charge in [-0.3, -0.25) is 9.59 Å². The van der Waals surface area contributed by atoms with Crippen molar-refractivity contribution in [3.63, 3.8) is 0 Å². The highest BCUT2D eigenvalue weighted by atomic mass is 32.2. The number of carbonyl (C=O) groups is 1. The molecule has 2 saturated heterocycles. The van der Waals surface area contributed by atoms with E-state index in [4.69, 9.17) is 0 Å². The summed E-state index contributed by atoms with van der Waals surface area (Å²) >= 11 is 0. The molecule has 2 N–H and O–H groups in total. The topological polar surface area (TPSA) is 103 Å². The number of aromatic amines is 1. The molecule has 0 radical (unpaired) electrons. The van der Waals surface area contributed by atoms with Gasteiger partial charge in [0.2, 0.25) is 15.6 Å². The lowest BCUT2D eigenvalue weighted by atomic mass is 9.99. The minimum Gasteiger partial charge on any atom is -0.352 e. The quantitative estimate of drug-likeness (QED) is 0.617. The lowest BCUT2D eigenvalue weighted by molar-refractivity contribution is 0.0952. The number of nitrogens with zero attached hydrogens (tertiary/aromatic N) is 2. The number of piperidine rings is 1. The number of likely N-dealkylation sites (tertiary alicyclic amines) is 1. The predicted molar refractivity (Wildman–Crippen MR) is 124 cm³/mol. The van der Waals surface area contributed by atoms with E-state index in [1.165, 1.54) is 35.3 Å². The fourth-order valence-corrected chi connectivity index (χ4v) is 6.09. The summed E-state index contributed by atoms with van der Waals surface area (Å²) in [5.74, 6) is 0.429. The molecule has 1 aromatic carbocycles. The van der Waals surface area contributed by atoms with Crippen molar-refractivity contribution >= 4 is 26.8 Å². The molecule has 2 aliphatic heterocycles. The van der Waals surface area contributed by atoms with Crippen molar-refractivity contribution in [2.75, 3.05) is 39.3 Å². The van der Waals surface area contributed by atoms with Crippen LogP contribution >= 0.6 is 0 Å². The van der Waals surface area contributed by atoms with Crippen molar-refractivity contribution in [2.24, 2.45) is 5.92 Å². The Hall–Kier alpha value is -2.23. The molecular weight excluding hydrogens is 428 g/mol. The molecule has 4 rings (SSSR count). The fraction of sp³-hybridized carbons (Fsp3) is 0.565. The van der Waals surface area contributed by atoms with Crippen LogP contribution in [-0.4, -0.2) is 67.8 Å². The average Bonchev–Trinajstić information content (AvgIpc) is 3.33. The Labute approximate surface area is 189 Å². The molecule has 0 saturated carbocycles. The Kier molecular flexibility index (Phi) is 6.97. The minimum absolute atomic E-state index is 0.146. The molecule has 8 nitrogen and oxygen atoms in total. The number of benzene rings is 1. The number of amides is 1. The van der Waals surface area contributed by atoms with Crippen LogP contribution in [0.2, 0.25) is 0 Å². The van der Waals surface area contributed by atoms with Gasteiger partial charge >= 0.3 is 0 Å². The molecule has 2 fully saturated rings. The van der Waals surface area contributed by atoms with E-state index in [9.17, 15) is 18.0 Å². The van der Waals surface area contributed by atoms with Gasteiger partial charge in [-0.05, 0) is 75.9 Å². The number of nitrogens with one attached hydrogen (secondary N) is 2. The molecule has 3 heterocycles. The van der Waals surface area contributed by atoms with Crippen LogP contribution in [0.5, 0.6) is 0 Å². The van der Waals surface area contributed by atoms with E-state index in [2.05, 4.69) is 22.1 Å². The lowest BCUT2D eigenvalue weighted by Crippen LogP contribution is -2.35. The van der Waals surface area contributed by atoms with E-state index in [0.717, 1.165) is 44.8 Å². The van der Waals surface area contributed by atoms with Crippen molar-refractivity contribution in [1.29, 1.82) is 0 Å². The summed E-state index contributed by atoms with van der Waals surface area (Å²) in [7, 11) is -3.62. The summed E-state index contributed by atoms with van der Waals surface area (Å²) in [6.45, 7) is 6.94. The largest absolute Gasteiger partial charge is 0.352 e. The highest BCUT2D eigenvalue weighted by molar-refractivity contribution is 7.89. The molecule has 0 bridgehead atoms. The molecule has 0 atom stereocenters. The van der Waals surface area contributed by atoms with Crippen LogP contribution in [0, 0.1) is 5.92 Å². The summed E-state index contributed by atoms with van der Waals surface area (Å²) in [5, 5.41) is 3.34. The van der Waals surface area contributed by atoms with Crippen LogP contribution in [0.25, 0.3) is 10.9 Å². The zero-order chi connectivity index (χ0) is 22.7. The van der Waals surface area contributed by atoms with Gasteiger partial charge in [-0.25, -0.2) is 8.42 Å². The zero-order valence-electron chi connectivity index (χ0n) is 18.6. The summed E-state index contributed by atoms with van der Waals surface area (Å²) in [6.07, 6.45) is 4.96. The first kappa shape index (κ1) is 22.9. The first-order chi connectivity index (χ1) is 15.3. The highest BCUT2D eigenvalue weighted by Gasteiger charge is 2.28. The van der Waals surface area contributed by atoms with E-state index in [-0.39, 0.29) is 21.9 Å². The molecule has 0 unspecified atom stereocenters. The fourth-order valence-electron chi connectivity index (χ4n) is 4.54. The molecule has 2 aliphatic rings. The van der Waals surface area contributed by atoms with Gasteiger partial charge in [-0.15, -0.1) is 0 Å². The molecule has 9 heteroatoms. The van der Waals surface area contributed by atoms with Gasteiger partial charge in [0.15, 0.2) is 0 Å². The molecule has 1 amide bonds. The number of H-pyrrole nitrogens is 1. The van der Waals surface area contributed by atoms with Gasteiger partial charge in [-0.2, -0.15) is 4.31 Å². The van der Waals surface area contributed by atoms with Crippen LogP contribution in [-0.2, 0) is 10.0 Å². The Bertz CT molecular complexity index is 1130. The average molecular weight is 461 g/mol. The number of hydrogen-bond donors (Lipinski definition) is 2. The highest BCUT2D eigenvalue weighted by Crippen LogP contribution is 2.25. The molecule has 1 aromatic heterocycles. The second kappa shape index (κ2) is 9.72. The number of sulfonamides is 1. The molecule has 2 aromatic rings. The van der Waals surface area contributed by atoms with Crippen LogP contribution < -0.4 is 10.9 Å². The number of fused-ring (bicyclic) bond motifs is 1. The maximum absolute atomic E-state index is 13.0.